The van der Waals surface area contributed by atoms with Crippen molar-refractivity contribution in [3.8, 4) is 0 Å². The molecule has 0 amide bonds. The molecular weight excluding hydrogens is 145 g/mol. The van der Waals surface area contributed by atoms with E-state index in [2.05, 4.69) is 47.4 Å². The van der Waals surface area contributed by atoms with Crippen LogP contribution < -0.4 is 0 Å². The van der Waals surface area contributed by atoms with Crippen molar-refractivity contribution in [3.05, 3.63) is 0 Å². The standard InChI is InChI=1S/C10H24BN/c1-8(2)12(9(3)4)10(5)6-7-11/h8-10H,6-7,11H2,1-5H3. The summed E-state index contributed by atoms with van der Waals surface area (Å²) in [5.74, 6) is 0. The molecule has 2 heteroatoms. The molecule has 0 aromatic heterocycles. The van der Waals surface area contributed by atoms with Gasteiger partial charge >= 0.3 is 0 Å². The molecule has 72 valence electrons. The smallest absolute Gasteiger partial charge is 0.101 e. The molecule has 0 bridgehead atoms. The van der Waals surface area contributed by atoms with E-state index in [1.165, 1.54) is 12.7 Å². The molecule has 0 aliphatic heterocycles. The Morgan fingerprint density at radius 2 is 1.42 bits per heavy atom. The summed E-state index contributed by atoms with van der Waals surface area (Å²) in [7, 11) is 2.26. The van der Waals surface area contributed by atoms with Gasteiger partial charge in [-0.15, -0.1) is 0 Å². The molecule has 0 spiro atoms. The summed E-state index contributed by atoms with van der Waals surface area (Å²) < 4.78 is 0. The van der Waals surface area contributed by atoms with Crippen LogP contribution in [0.5, 0.6) is 0 Å². The molecule has 0 aromatic rings. The predicted molar refractivity (Wildman–Crippen MR) is 59.5 cm³/mol. The summed E-state index contributed by atoms with van der Waals surface area (Å²) in [5, 5.41) is 0. The number of nitrogens with zero attached hydrogens (tertiary/aromatic N) is 1. The molecular formula is C10H24BN. The second-order valence-electron chi connectivity index (χ2n) is 4.27. The third-order valence-corrected chi connectivity index (χ3v) is 2.41. The number of rotatable bonds is 5. The zero-order valence-corrected chi connectivity index (χ0v) is 9.59. The van der Waals surface area contributed by atoms with Crippen LogP contribution in [0.4, 0.5) is 0 Å². The van der Waals surface area contributed by atoms with E-state index in [4.69, 9.17) is 0 Å². The van der Waals surface area contributed by atoms with Crippen LogP contribution in [0, 0.1) is 0 Å². The van der Waals surface area contributed by atoms with Crippen LogP contribution in [0.15, 0.2) is 0 Å². The fourth-order valence-corrected chi connectivity index (χ4v) is 2.18. The predicted octanol–water partition coefficient (Wildman–Crippen LogP) is 1.94. The van der Waals surface area contributed by atoms with Gasteiger partial charge in [-0.05, 0) is 41.0 Å². The van der Waals surface area contributed by atoms with Crippen LogP contribution >= 0.6 is 0 Å². The summed E-state index contributed by atoms with van der Waals surface area (Å²) in [6.45, 7) is 11.5. The summed E-state index contributed by atoms with van der Waals surface area (Å²) in [5.41, 5.74) is 0. The lowest BCUT2D eigenvalue weighted by Crippen LogP contribution is -2.43. The zero-order valence-electron chi connectivity index (χ0n) is 9.59. The highest BCUT2D eigenvalue weighted by molar-refractivity contribution is 6.08. The van der Waals surface area contributed by atoms with Gasteiger partial charge in [-0.1, -0.05) is 6.32 Å². The molecule has 1 unspecified atom stereocenters. The minimum absolute atomic E-state index is 0.673. The molecule has 1 nitrogen and oxygen atoms in total. The molecule has 0 aromatic carbocycles. The third kappa shape index (κ3) is 3.62. The first kappa shape index (κ1) is 12.0. The van der Waals surface area contributed by atoms with Crippen LogP contribution in [0.2, 0.25) is 6.32 Å². The lowest BCUT2D eigenvalue weighted by molar-refractivity contribution is 0.120. The highest BCUT2D eigenvalue weighted by Crippen LogP contribution is 2.13. The third-order valence-electron chi connectivity index (χ3n) is 2.41. The number of hydrogen-bond acceptors (Lipinski definition) is 1. The second kappa shape index (κ2) is 5.63. The SMILES string of the molecule is BCCC(C)N(C(C)C)C(C)C. The summed E-state index contributed by atoms with van der Waals surface area (Å²) in [6.07, 6.45) is 2.60. The Hall–Kier alpha value is 0.0249. The fourth-order valence-electron chi connectivity index (χ4n) is 2.18. The molecule has 1 atom stereocenters. The van der Waals surface area contributed by atoms with Gasteiger partial charge in [-0.2, -0.15) is 0 Å². The van der Waals surface area contributed by atoms with Crippen molar-refractivity contribution in [1.82, 2.24) is 4.90 Å². The monoisotopic (exact) mass is 169 g/mol. The van der Waals surface area contributed by atoms with E-state index >= 15 is 0 Å². The van der Waals surface area contributed by atoms with Gasteiger partial charge in [-0.3, -0.25) is 4.90 Å². The average Bonchev–Trinajstić information content (AvgIpc) is 1.85. The summed E-state index contributed by atoms with van der Waals surface area (Å²) >= 11 is 0. The molecule has 0 fully saturated rings. The van der Waals surface area contributed by atoms with Gasteiger partial charge < -0.3 is 0 Å². The van der Waals surface area contributed by atoms with E-state index in [-0.39, 0.29) is 0 Å². The minimum atomic E-state index is 0.673. The summed E-state index contributed by atoms with van der Waals surface area (Å²) in [4.78, 5) is 2.59. The zero-order chi connectivity index (χ0) is 9.72. The second-order valence-corrected chi connectivity index (χ2v) is 4.27. The van der Waals surface area contributed by atoms with E-state index in [0.717, 1.165) is 6.04 Å². The van der Waals surface area contributed by atoms with Crippen molar-refractivity contribution in [2.45, 2.75) is 65.5 Å². The van der Waals surface area contributed by atoms with Gasteiger partial charge in [0.05, 0.1) is 0 Å². The quantitative estimate of drug-likeness (QED) is 0.568. The molecule has 0 aliphatic carbocycles. The molecule has 0 aliphatic rings. The Kier molecular flexibility index (Phi) is 5.64. The van der Waals surface area contributed by atoms with Crippen LogP contribution in [-0.4, -0.2) is 30.9 Å². The van der Waals surface area contributed by atoms with Crippen molar-refractivity contribution in [1.29, 1.82) is 0 Å². The maximum atomic E-state index is 2.59. The van der Waals surface area contributed by atoms with Gasteiger partial charge in [0.15, 0.2) is 0 Å². The van der Waals surface area contributed by atoms with Gasteiger partial charge in [0.1, 0.15) is 7.85 Å². The van der Waals surface area contributed by atoms with Crippen molar-refractivity contribution in [2.24, 2.45) is 0 Å². The maximum absolute atomic E-state index is 2.59. The first-order chi connectivity index (χ1) is 5.50. The maximum Gasteiger partial charge on any atom is 0.101 e. The van der Waals surface area contributed by atoms with Crippen molar-refractivity contribution in [2.75, 3.05) is 0 Å². The van der Waals surface area contributed by atoms with Gasteiger partial charge in [0.2, 0.25) is 0 Å². The van der Waals surface area contributed by atoms with E-state index in [0.29, 0.717) is 12.1 Å². The molecule has 0 heterocycles. The number of hydrogen-bond donors (Lipinski definition) is 0. The highest BCUT2D eigenvalue weighted by atomic mass is 15.2. The van der Waals surface area contributed by atoms with E-state index in [9.17, 15) is 0 Å². The Balaban J connectivity index is 4.09. The average molecular weight is 169 g/mol. The Bertz CT molecular complexity index is 104. The molecule has 0 rings (SSSR count). The lowest BCUT2D eigenvalue weighted by atomic mass is 9.96. The first-order valence-corrected chi connectivity index (χ1v) is 5.28. The van der Waals surface area contributed by atoms with Gasteiger partial charge in [-0.25, -0.2) is 0 Å². The molecule has 0 saturated heterocycles. The molecule has 0 radical (unpaired) electrons. The van der Waals surface area contributed by atoms with Gasteiger partial charge in [0, 0.05) is 18.1 Å². The molecule has 0 N–H and O–H groups in total. The van der Waals surface area contributed by atoms with Crippen molar-refractivity contribution in [3.63, 3.8) is 0 Å². The first-order valence-electron chi connectivity index (χ1n) is 5.28. The van der Waals surface area contributed by atoms with E-state index < -0.39 is 0 Å². The van der Waals surface area contributed by atoms with Crippen molar-refractivity contribution >= 4 is 7.85 Å². The van der Waals surface area contributed by atoms with Crippen molar-refractivity contribution < 1.29 is 0 Å². The van der Waals surface area contributed by atoms with Gasteiger partial charge in [0.25, 0.3) is 0 Å². The lowest BCUT2D eigenvalue weighted by Gasteiger charge is -2.36. The largest absolute Gasteiger partial charge is 0.296 e. The van der Waals surface area contributed by atoms with Crippen LogP contribution in [0.1, 0.15) is 41.0 Å². The Labute approximate surface area is 78.9 Å². The fraction of sp³-hybridized carbons (Fsp3) is 1.00. The molecule has 12 heavy (non-hydrogen) atoms. The Morgan fingerprint density at radius 1 is 1.00 bits per heavy atom. The molecule has 0 saturated carbocycles. The summed E-state index contributed by atoms with van der Waals surface area (Å²) in [6, 6.07) is 2.08. The van der Waals surface area contributed by atoms with E-state index in [1.807, 2.05) is 0 Å². The Morgan fingerprint density at radius 3 is 1.67 bits per heavy atom. The topological polar surface area (TPSA) is 3.24 Å². The van der Waals surface area contributed by atoms with Crippen LogP contribution in [0.3, 0.4) is 0 Å². The van der Waals surface area contributed by atoms with Crippen LogP contribution in [0.25, 0.3) is 0 Å². The highest BCUT2D eigenvalue weighted by Gasteiger charge is 2.18. The normalized spacial score (nSPS) is 14.7. The van der Waals surface area contributed by atoms with E-state index in [1.54, 1.807) is 0 Å². The van der Waals surface area contributed by atoms with Crippen LogP contribution in [-0.2, 0) is 0 Å². The minimum Gasteiger partial charge on any atom is -0.296 e.